The maximum Gasteiger partial charge on any atom is 0.255 e. The van der Waals surface area contributed by atoms with Gasteiger partial charge in [-0.2, -0.15) is 0 Å². The summed E-state index contributed by atoms with van der Waals surface area (Å²) >= 11 is 8.57. The third-order valence-electron chi connectivity index (χ3n) is 4.07. The maximum absolute atomic E-state index is 12.8. The minimum atomic E-state index is -0.140. The number of amides is 1. The lowest BCUT2D eigenvalue weighted by atomic mass is 10.0. The number of halogens is 2. The molecule has 0 bridgehead atoms. The van der Waals surface area contributed by atoms with Crippen molar-refractivity contribution in [3.05, 3.63) is 86.6 Å². The van der Waals surface area contributed by atoms with Gasteiger partial charge in [0, 0.05) is 41.4 Å². The highest BCUT2D eigenvalue weighted by atomic mass is 79.9. The number of nitrogens with one attached hydrogen (secondary N) is 1. The van der Waals surface area contributed by atoms with Crippen molar-refractivity contribution in [1.82, 2.24) is 0 Å². The fourth-order valence-electron chi connectivity index (χ4n) is 2.89. The Bertz CT molecular complexity index is 1100. The molecular weight excluding hydrogens is 474 g/mol. The topological polar surface area (TPSA) is 29.1 Å². The third-order valence-corrected chi connectivity index (χ3v) is 5.95. The van der Waals surface area contributed by atoms with Gasteiger partial charge < -0.3 is 5.32 Å². The number of rotatable bonds is 3. The van der Waals surface area contributed by atoms with Crippen molar-refractivity contribution in [2.24, 2.45) is 0 Å². The van der Waals surface area contributed by atoms with E-state index < -0.39 is 0 Å². The number of benzene rings is 3. The van der Waals surface area contributed by atoms with Gasteiger partial charge in [0.15, 0.2) is 0 Å². The normalized spacial score (nSPS) is 10.8. The minimum absolute atomic E-state index is 0.140. The molecule has 0 spiro atoms. The van der Waals surface area contributed by atoms with Crippen LogP contribution in [0, 0.1) is 0 Å². The van der Waals surface area contributed by atoms with E-state index in [0.29, 0.717) is 5.56 Å². The summed E-state index contributed by atoms with van der Waals surface area (Å²) in [6, 6.07) is 21.7. The number of thiophene rings is 1. The summed E-state index contributed by atoms with van der Waals surface area (Å²) < 4.78 is 2.95. The number of carbonyl (C=O) groups excluding carboxylic acids is 1. The molecule has 0 unspecified atom stereocenters. The maximum atomic E-state index is 12.8. The summed E-state index contributed by atoms with van der Waals surface area (Å²) in [6.07, 6.45) is 0. The molecule has 128 valence electrons. The molecule has 2 nitrogen and oxygen atoms in total. The van der Waals surface area contributed by atoms with E-state index in [1.54, 1.807) is 11.3 Å². The molecule has 0 aliphatic heterocycles. The summed E-state index contributed by atoms with van der Waals surface area (Å²) in [5, 5.41) is 6.40. The first kappa shape index (κ1) is 17.5. The molecule has 0 saturated heterocycles. The van der Waals surface area contributed by atoms with E-state index in [0.717, 1.165) is 25.8 Å². The molecule has 3 aromatic carbocycles. The second-order valence-electron chi connectivity index (χ2n) is 5.80. The van der Waals surface area contributed by atoms with Gasteiger partial charge in [-0.3, -0.25) is 4.79 Å². The van der Waals surface area contributed by atoms with Crippen LogP contribution in [0.5, 0.6) is 0 Å². The Kier molecular flexibility index (Phi) is 4.94. The monoisotopic (exact) mass is 485 g/mol. The number of fused-ring (bicyclic) bond motifs is 1. The Labute approximate surface area is 172 Å². The second kappa shape index (κ2) is 7.35. The van der Waals surface area contributed by atoms with Crippen molar-refractivity contribution in [3.63, 3.8) is 0 Å². The Morgan fingerprint density at radius 2 is 1.54 bits per heavy atom. The number of hydrogen-bond donors (Lipinski definition) is 1. The Morgan fingerprint density at radius 3 is 2.35 bits per heavy atom. The SMILES string of the molecule is O=C(Nc1ccccc1-c1csc2ccccc12)c1cc(Br)cc(Br)c1. The molecule has 0 aliphatic rings. The molecule has 4 aromatic rings. The van der Waals surface area contributed by atoms with Crippen molar-refractivity contribution in [1.29, 1.82) is 0 Å². The molecule has 1 amide bonds. The van der Waals surface area contributed by atoms with Gasteiger partial charge in [0.05, 0.1) is 0 Å². The van der Waals surface area contributed by atoms with Crippen LogP contribution in [0.1, 0.15) is 10.4 Å². The van der Waals surface area contributed by atoms with Crippen LogP contribution in [0.25, 0.3) is 21.2 Å². The van der Waals surface area contributed by atoms with Crippen LogP contribution in [0.3, 0.4) is 0 Å². The molecule has 1 N–H and O–H groups in total. The summed E-state index contributed by atoms with van der Waals surface area (Å²) in [7, 11) is 0. The van der Waals surface area contributed by atoms with Gasteiger partial charge >= 0.3 is 0 Å². The van der Waals surface area contributed by atoms with Crippen LogP contribution >= 0.6 is 43.2 Å². The number of hydrogen-bond acceptors (Lipinski definition) is 2. The largest absolute Gasteiger partial charge is 0.321 e. The zero-order valence-electron chi connectivity index (χ0n) is 13.5. The molecule has 0 fully saturated rings. The van der Waals surface area contributed by atoms with Crippen LogP contribution in [0.4, 0.5) is 5.69 Å². The van der Waals surface area contributed by atoms with Crippen molar-refractivity contribution in [2.45, 2.75) is 0 Å². The lowest BCUT2D eigenvalue weighted by Gasteiger charge is -2.11. The van der Waals surface area contributed by atoms with E-state index >= 15 is 0 Å². The van der Waals surface area contributed by atoms with Crippen molar-refractivity contribution in [3.8, 4) is 11.1 Å². The standard InChI is InChI=1S/C21H13Br2NOS/c22-14-9-13(10-15(23)11-14)21(25)24-19-7-3-1-5-16(19)18-12-26-20-8-4-2-6-17(18)20/h1-12H,(H,24,25). The van der Waals surface area contributed by atoms with E-state index in [4.69, 9.17) is 0 Å². The zero-order chi connectivity index (χ0) is 18.1. The molecule has 0 saturated carbocycles. The highest BCUT2D eigenvalue weighted by Gasteiger charge is 2.14. The molecule has 0 aliphatic carbocycles. The van der Waals surface area contributed by atoms with Gasteiger partial charge in [-0.05, 0) is 35.7 Å². The summed E-state index contributed by atoms with van der Waals surface area (Å²) in [5.41, 5.74) is 3.55. The summed E-state index contributed by atoms with van der Waals surface area (Å²) in [5.74, 6) is -0.140. The smallest absolute Gasteiger partial charge is 0.255 e. The second-order valence-corrected chi connectivity index (χ2v) is 8.55. The first-order valence-electron chi connectivity index (χ1n) is 7.95. The molecule has 5 heteroatoms. The predicted molar refractivity (Wildman–Crippen MR) is 117 cm³/mol. The van der Waals surface area contributed by atoms with Crippen LogP contribution in [-0.4, -0.2) is 5.91 Å². The minimum Gasteiger partial charge on any atom is -0.321 e. The average molecular weight is 487 g/mol. The highest BCUT2D eigenvalue weighted by Crippen LogP contribution is 2.37. The van der Waals surface area contributed by atoms with Crippen LogP contribution in [0.15, 0.2) is 81.1 Å². The molecule has 1 heterocycles. The quantitative estimate of drug-likeness (QED) is 0.322. The van der Waals surface area contributed by atoms with Gasteiger partial charge in [0.1, 0.15) is 0 Å². The highest BCUT2D eigenvalue weighted by molar-refractivity contribution is 9.11. The molecular formula is C21H13Br2NOS. The molecule has 0 atom stereocenters. The number of para-hydroxylation sites is 1. The fourth-order valence-corrected chi connectivity index (χ4v) is 5.15. The molecule has 26 heavy (non-hydrogen) atoms. The first-order valence-corrected chi connectivity index (χ1v) is 10.4. The predicted octanol–water partition coefficient (Wildman–Crippen LogP) is 7.35. The lowest BCUT2D eigenvalue weighted by Crippen LogP contribution is -2.12. The number of anilines is 1. The number of carbonyl (C=O) groups is 1. The Hall–Kier alpha value is -1.95. The van der Waals surface area contributed by atoms with Crippen molar-refractivity contribution >= 4 is 64.9 Å². The fraction of sp³-hybridized carbons (Fsp3) is 0. The van der Waals surface area contributed by atoms with Gasteiger partial charge in [-0.15, -0.1) is 11.3 Å². The first-order chi connectivity index (χ1) is 12.6. The zero-order valence-corrected chi connectivity index (χ0v) is 17.5. The van der Waals surface area contributed by atoms with Crippen LogP contribution in [-0.2, 0) is 0 Å². The lowest BCUT2D eigenvalue weighted by molar-refractivity contribution is 0.102. The van der Waals surface area contributed by atoms with Gasteiger partial charge in [-0.1, -0.05) is 68.3 Å². The van der Waals surface area contributed by atoms with E-state index in [2.05, 4.69) is 54.7 Å². The van der Waals surface area contributed by atoms with Crippen molar-refractivity contribution in [2.75, 3.05) is 5.32 Å². The van der Waals surface area contributed by atoms with E-state index in [1.807, 2.05) is 54.6 Å². The van der Waals surface area contributed by atoms with Crippen molar-refractivity contribution < 1.29 is 4.79 Å². The molecule has 0 radical (unpaired) electrons. The van der Waals surface area contributed by atoms with E-state index in [9.17, 15) is 4.79 Å². The van der Waals surface area contributed by atoms with E-state index in [1.165, 1.54) is 10.1 Å². The van der Waals surface area contributed by atoms with Gasteiger partial charge in [0.25, 0.3) is 5.91 Å². The Morgan fingerprint density at radius 1 is 0.846 bits per heavy atom. The third kappa shape index (κ3) is 3.47. The molecule has 4 rings (SSSR count). The van der Waals surface area contributed by atoms with Gasteiger partial charge in [-0.25, -0.2) is 0 Å². The average Bonchev–Trinajstić information content (AvgIpc) is 3.05. The Balaban J connectivity index is 1.73. The van der Waals surface area contributed by atoms with Crippen LogP contribution < -0.4 is 5.32 Å². The summed E-state index contributed by atoms with van der Waals surface area (Å²) in [4.78, 5) is 12.8. The van der Waals surface area contributed by atoms with Gasteiger partial charge in [0.2, 0.25) is 0 Å². The molecule has 1 aromatic heterocycles. The summed E-state index contributed by atoms with van der Waals surface area (Å²) in [6.45, 7) is 0. The van der Waals surface area contributed by atoms with E-state index in [-0.39, 0.29) is 5.91 Å². The van der Waals surface area contributed by atoms with Crippen LogP contribution in [0.2, 0.25) is 0 Å².